The number of carbonyl (C=O) groups is 1. The Labute approximate surface area is 117 Å². The summed E-state index contributed by atoms with van der Waals surface area (Å²) in [4.78, 5) is 22.2. The number of nitriles is 1. The van der Waals surface area contributed by atoms with Crippen molar-refractivity contribution in [3.63, 3.8) is 0 Å². The molecule has 1 fully saturated rings. The molecule has 0 bridgehead atoms. The number of aromatic nitrogens is 2. The molecule has 20 heavy (non-hydrogen) atoms. The summed E-state index contributed by atoms with van der Waals surface area (Å²) in [5.74, 6) is 0.704. The zero-order chi connectivity index (χ0) is 14.4. The second-order valence-corrected chi connectivity index (χ2v) is 4.74. The fourth-order valence-electron chi connectivity index (χ4n) is 2.28. The number of hydrogen-bond donors (Lipinski definition) is 2. The Morgan fingerprint density at radius 3 is 3.05 bits per heavy atom. The van der Waals surface area contributed by atoms with E-state index in [1.54, 1.807) is 6.20 Å². The van der Waals surface area contributed by atoms with Gasteiger partial charge in [-0.05, 0) is 12.8 Å². The predicted molar refractivity (Wildman–Crippen MR) is 73.7 cm³/mol. The molecule has 1 atom stereocenters. The Balaban J connectivity index is 1.99. The lowest BCUT2D eigenvalue weighted by Crippen LogP contribution is -2.44. The van der Waals surface area contributed by atoms with Gasteiger partial charge in [0.15, 0.2) is 5.69 Å². The number of hydrogen-bond acceptors (Lipinski definition) is 6. The summed E-state index contributed by atoms with van der Waals surface area (Å²) in [6, 6.07) is 1.94. The quantitative estimate of drug-likeness (QED) is 0.776. The van der Waals surface area contributed by atoms with Crippen LogP contribution in [0.1, 0.15) is 18.5 Å². The lowest BCUT2D eigenvalue weighted by atomic mass is 9.97. The average Bonchev–Trinajstić information content (AvgIpc) is 2.52. The maximum atomic E-state index is 12.0. The van der Waals surface area contributed by atoms with Crippen molar-refractivity contribution >= 4 is 11.7 Å². The maximum absolute atomic E-state index is 12.0. The van der Waals surface area contributed by atoms with Crippen LogP contribution in [0.3, 0.4) is 0 Å². The number of nitrogens with zero attached hydrogens (tertiary/aromatic N) is 4. The minimum Gasteiger partial charge on any atom is -0.355 e. The van der Waals surface area contributed by atoms with Crippen molar-refractivity contribution in [2.24, 2.45) is 11.7 Å². The highest BCUT2D eigenvalue weighted by molar-refractivity contribution is 5.79. The summed E-state index contributed by atoms with van der Waals surface area (Å²) in [7, 11) is 0. The summed E-state index contributed by atoms with van der Waals surface area (Å²) in [5.41, 5.74) is 5.68. The number of nitrogens with one attached hydrogen (secondary N) is 1. The first-order chi connectivity index (χ1) is 9.74. The van der Waals surface area contributed by atoms with Crippen LogP contribution in [0.25, 0.3) is 0 Å². The van der Waals surface area contributed by atoms with Gasteiger partial charge in [-0.15, -0.1) is 0 Å². The molecule has 1 aromatic rings. The third-order valence-corrected chi connectivity index (χ3v) is 3.31. The van der Waals surface area contributed by atoms with Gasteiger partial charge in [0.2, 0.25) is 5.91 Å². The molecule has 1 aliphatic heterocycles. The van der Waals surface area contributed by atoms with Gasteiger partial charge < -0.3 is 16.0 Å². The van der Waals surface area contributed by atoms with Crippen LogP contribution in [0, 0.1) is 17.2 Å². The van der Waals surface area contributed by atoms with Gasteiger partial charge in [-0.25, -0.2) is 9.97 Å². The van der Waals surface area contributed by atoms with E-state index < -0.39 is 0 Å². The van der Waals surface area contributed by atoms with Crippen molar-refractivity contribution in [1.82, 2.24) is 15.3 Å². The fraction of sp³-hybridized carbons (Fsp3) is 0.538. The Morgan fingerprint density at radius 1 is 1.55 bits per heavy atom. The van der Waals surface area contributed by atoms with Crippen molar-refractivity contribution in [3.8, 4) is 6.07 Å². The number of amides is 1. The zero-order valence-electron chi connectivity index (χ0n) is 11.2. The van der Waals surface area contributed by atoms with E-state index in [9.17, 15) is 4.79 Å². The number of anilines is 1. The zero-order valence-corrected chi connectivity index (χ0v) is 11.2. The van der Waals surface area contributed by atoms with E-state index in [2.05, 4.69) is 15.3 Å². The van der Waals surface area contributed by atoms with Crippen LogP contribution in [-0.2, 0) is 4.79 Å². The molecule has 1 amide bonds. The SMILES string of the molecule is N#Cc1cnc(N2CCCC(C(=O)NCCN)C2)cn1. The second kappa shape index (κ2) is 6.82. The lowest BCUT2D eigenvalue weighted by Gasteiger charge is -2.32. The topological polar surface area (TPSA) is 108 Å². The Morgan fingerprint density at radius 2 is 2.40 bits per heavy atom. The minimum atomic E-state index is -0.0484. The van der Waals surface area contributed by atoms with Crippen molar-refractivity contribution in [1.29, 1.82) is 5.26 Å². The predicted octanol–water partition coefficient (Wildman–Crippen LogP) is -0.360. The standard InChI is InChI=1S/C13H18N6O/c14-3-4-16-13(20)10-2-1-5-19(9-10)12-8-17-11(6-15)7-18-12/h7-8,10H,1-5,9,14H2,(H,16,20). The normalized spacial score (nSPS) is 18.4. The van der Waals surface area contributed by atoms with Crippen molar-refractivity contribution in [2.45, 2.75) is 12.8 Å². The smallest absolute Gasteiger partial charge is 0.224 e. The van der Waals surface area contributed by atoms with Gasteiger partial charge in [0.1, 0.15) is 11.9 Å². The van der Waals surface area contributed by atoms with Crippen LogP contribution >= 0.6 is 0 Å². The van der Waals surface area contributed by atoms with Crippen LogP contribution in [-0.4, -0.2) is 42.1 Å². The Hall–Kier alpha value is -2.20. The van der Waals surface area contributed by atoms with Crippen LogP contribution in [0.5, 0.6) is 0 Å². The first kappa shape index (κ1) is 14.2. The van der Waals surface area contributed by atoms with E-state index in [1.807, 2.05) is 11.0 Å². The molecule has 2 heterocycles. The van der Waals surface area contributed by atoms with E-state index in [-0.39, 0.29) is 11.8 Å². The van der Waals surface area contributed by atoms with E-state index in [1.165, 1.54) is 6.20 Å². The van der Waals surface area contributed by atoms with Gasteiger partial charge >= 0.3 is 0 Å². The maximum Gasteiger partial charge on any atom is 0.224 e. The highest BCUT2D eigenvalue weighted by Gasteiger charge is 2.26. The molecule has 1 saturated heterocycles. The number of nitrogens with two attached hydrogens (primary N) is 1. The molecule has 7 nitrogen and oxygen atoms in total. The fourth-order valence-corrected chi connectivity index (χ4v) is 2.28. The first-order valence-electron chi connectivity index (χ1n) is 6.69. The van der Waals surface area contributed by atoms with Gasteiger partial charge in [0.05, 0.1) is 18.3 Å². The van der Waals surface area contributed by atoms with Gasteiger partial charge in [-0.1, -0.05) is 0 Å². The van der Waals surface area contributed by atoms with Crippen LogP contribution in [0.15, 0.2) is 12.4 Å². The number of rotatable bonds is 4. The van der Waals surface area contributed by atoms with Gasteiger partial charge in [-0.3, -0.25) is 4.79 Å². The molecule has 1 aromatic heterocycles. The first-order valence-corrected chi connectivity index (χ1v) is 6.69. The third kappa shape index (κ3) is 3.42. The summed E-state index contributed by atoms with van der Waals surface area (Å²) >= 11 is 0. The molecule has 0 aliphatic carbocycles. The molecule has 1 unspecified atom stereocenters. The lowest BCUT2D eigenvalue weighted by molar-refractivity contribution is -0.125. The van der Waals surface area contributed by atoms with Gasteiger partial charge in [-0.2, -0.15) is 5.26 Å². The molecule has 2 rings (SSSR count). The van der Waals surface area contributed by atoms with Crippen LogP contribution in [0.2, 0.25) is 0 Å². The van der Waals surface area contributed by atoms with Gasteiger partial charge in [0, 0.05) is 26.2 Å². The molecule has 0 saturated carbocycles. The van der Waals surface area contributed by atoms with E-state index in [0.29, 0.717) is 31.1 Å². The molecule has 0 spiro atoms. The summed E-state index contributed by atoms with van der Waals surface area (Å²) < 4.78 is 0. The molecule has 0 aromatic carbocycles. The molecular weight excluding hydrogens is 256 g/mol. The van der Waals surface area contributed by atoms with Crippen LogP contribution in [0.4, 0.5) is 5.82 Å². The molecule has 106 valence electrons. The van der Waals surface area contributed by atoms with E-state index in [4.69, 9.17) is 11.0 Å². The molecule has 1 aliphatic rings. The monoisotopic (exact) mass is 274 g/mol. The Bertz CT molecular complexity index is 495. The number of carbonyl (C=O) groups excluding carboxylic acids is 1. The van der Waals surface area contributed by atoms with Crippen molar-refractivity contribution in [3.05, 3.63) is 18.1 Å². The highest BCUT2D eigenvalue weighted by Crippen LogP contribution is 2.21. The Kier molecular flexibility index (Phi) is 4.85. The molecule has 3 N–H and O–H groups in total. The molecule has 7 heteroatoms. The third-order valence-electron chi connectivity index (χ3n) is 3.31. The molecule has 0 radical (unpaired) electrons. The van der Waals surface area contributed by atoms with E-state index >= 15 is 0 Å². The largest absolute Gasteiger partial charge is 0.355 e. The van der Waals surface area contributed by atoms with Crippen LogP contribution < -0.4 is 16.0 Å². The summed E-state index contributed by atoms with van der Waals surface area (Å²) in [6.07, 6.45) is 4.84. The summed E-state index contributed by atoms with van der Waals surface area (Å²) in [6.45, 7) is 2.42. The van der Waals surface area contributed by atoms with Crippen molar-refractivity contribution < 1.29 is 4.79 Å². The van der Waals surface area contributed by atoms with Crippen molar-refractivity contribution in [2.75, 3.05) is 31.1 Å². The summed E-state index contributed by atoms with van der Waals surface area (Å²) in [5, 5.41) is 11.5. The average molecular weight is 274 g/mol. The minimum absolute atomic E-state index is 0.0433. The number of piperidine rings is 1. The van der Waals surface area contributed by atoms with Gasteiger partial charge in [0.25, 0.3) is 0 Å². The van der Waals surface area contributed by atoms with E-state index in [0.717, 1.165) is 19.4 Å². The highest BCUT2D eigenvalue weighted by atomic mass is 16.1. The molecular formula is C13H18N6O. The second-order valence-electron chi connectivity index (χ2n) is 4.74.